The second-order valence-corrected chi connectivity index (χ2v) is 23.4. The summed E-state index contributed by atoms with van der Waals surface area (Å²) in [6.07, 6.45) is 0. The third-order valence-electron chi connectivity index (χ3n) is 18.6. The van der Waals surface area contributed by atoms with E-state index < -0.39 is 0 Å². The highest BCUT2D eigenvalue weighted by atomic mass is 14.5. The molecule has 354 valence electrons. The summed E-state index contributed by atoms with van der Waals surface area (Å²) < 4.78 is 0. The summed E-state index contributed by atoms with van der Waals surface area (Å²) in [5, 5.41) is 15.6. The Hall–Kier alpha value is -8.58. The fourth-order valence-corrected chi connectivity index (χ4v) is 14.9. The predicted octanol–water partition coefficient (Wildman–Crippen LogP) is 20.5. The highest BCUT2D eigenvalue weighted by Crippen LogP contribution is 2.61. The molecule has 16 rings (SSSR count). The first-order chi connectivity index (χ1) is 36.5. The van der Waals surface area contributed by atoms with Crippen molar-refractivity contribution in [1.29, 1.82) is 0 Å². The van der Waals surface area contributed by atoms with Crippen molar-refractivity contribution in [3.05, 3.63) is 252 Å². The molecular weight excluding hydrogens is 901 g/mol. The van der Waals surface area contributed by atoms with Gasteiger partial charge in [0, 0.05) is 16.2 Å². The molecule has 0 saturated carbocycles. The van der Waals surface area contributed by atoms with Gasteiger partial charge < -0.3 is 0 Å². The van der Waals surface area contributed by atoms with Crippen LogP contribution < -0.4 is 0 Å². The Labute approximate surface area is 438 Å². The molecule has 0 radical (unpaired) electrons. The Morgan fingerprint density at radius 1 is 0.200 bits per heavy atom. The first-order valence-corrected chi connectivity index (χ1v) is 26.9. The molecule has 0 aromatic heterocycles. The zero-order chi connectivity index (χ0) is 50.3. The Kier molecular flexibility index (Phi) is 8.46. The lowest BCUT2D eigenvalue weighted by molar-refractivity contribution is 0.660. The van der Waals surface area contributed by atoms with Gasteiger partial charge in [-0.25, -0.2) is 0 Å². The summed E-state index contributed by atoms with van der Waals surface area (Å²) in [5.41, 5.74) is 23.7. The van der Waals surface area contributed by atoms with Crippen LogP contribution in [0, 0.1) is 0 Å². The van der Waals surface area contributed by atoms with E-state index in [2.05, 4.69) is 260 Å². The van der Waals surface area contributed by atoms with Gasteiger partial charge in [0.1, 0.15) is 0 Å². The van der Waals surface area contributed by atoms with Gasteiger partial charge in [-0.3, -0.25) is 0 Å². The SMILES string of the molecule is CC1(C)c2ccccc2-c2ccc(-c3cc4c(c5ccccc35)-c3c(cc(-c5cc6c(c7ccccc57)-c5c(cc(-c7c8ccccc8cc8ccccc78)c7ccccc57)C6(C)C)c5ccccc35)C4(C)C)cc21. The van der Waals surface area contributed by atoms with Crippen LogP contribution in [0.4, 0.5) is 0 Å². The summed E-state index contributed by atoms with van der Waals surface area (Å²) in [7, 11) is 0. The van der Waals surface area contributed by atoms with Gasteiger partial charge in [0.15, 0.2) is 0 Å². The van der Waals surface area contributed by atoms with Crippen LogP contribution in [-0.2, 0) is 16.2 Å². The monoisotopic (exact) mass is 954 g/mol. The molecule has 0 nitrogen and oxygen atoms in total. The van der Waals surface area contributed by atoms with E-state index in [1.807, 2.05) is 0 Å². The van der Waals surface area contributed by atoms with Crippen LogP contribution in [0.3, 0.4) is 0 Å². The van der Waals surface area contributed by atoms with Crippen molar-refractivity contribution >= 4 is 64.6 Å². The number of hydrogen-bond acceptors (Lipinski definition) is 0. The Bertz CT molecular complexity index is 4670. The molecule has 0 fully saturated rings. The molecule has 75 heavy (non-hydrogen) atoms. The van der Waals surface area contributed by atoms with Crippen LogP contribution in [0.5, 0.6) is 0 Å². The Morgan fingerprint density at radius 2 is 0.533 bits per heavy atom. The van der Waals surface area contributed by atoms with Gasteiger partial charge in [-0.2, -0.15) is 0 Å². The van der Waals surface area contributed by atoms with Gasteiger partial charge in [0.2, 0.25) is 0 Å². The molecule has 0 unspecified atom stereocenters. The van der Waals surface area contributed by atoms with Crippen molar-refractivity contribution in [2.75, 3.05) is 0 Å². The predicted molar refractivity (Wildman–Crippen MR) is 320 cm³/mol. The molecule has 0 atom stereocenters. The fourth-order valence-electron chi connectivity index (χ4n) is 14.9. The van der Waals surface area contributed by atoms with Crippen LogP contribution in [0.2, 0.25) is 0 Å². The first-order valence-electron chi connectivity index (χ1n) is 26.9. The van der Waals surface area contributed by atoms with E-state index in [4.69, 9.17) is 0 Å². The zero-order valence-electron chi connectivity index (χ0n) is 43.3. The van der Waals surface area contributed by atoms with Crippen molar-refractivity contribution in [3.8, 4) is 66.8 Å². The third-order valence-corrected chi connectivity index (χ3v) is 18.6. The lowest BCUT2D eigenvalue weighted by Crippen LogP contribution is -2.16. The number of hydrogen-bond donors (Lipinski definition) is 0. The van der Waals surface area contributed by atoms with Gasteiger partial charge in [0.05, 0.1) is 0 Å². The molecule has 0 spiro atoms. The summed E-state index contributed by atoms with van der Waals surface area (Å²) in [6.45, 7) is 14.7. The number of fused-ring (bicyclic) bond motifs is 19. The molecule has 0 aliphatic heterocycles. The van der Waals surface area contributed by atoms with E-state index in [9.17, 15) is 0 Å². The minimum absolute atomic E-state index is 0.0808. The molecule has 0 amide bonds. The largest absolute Gasteiger partial charge is 0.0619 e. The maximum atomic E-state index is 2.60. The molecule has 0 heteroatoms. The topological polar surface area (TPSA) is 0 Å². The van der Waals surface area contributed by atoms with Gasteiger partial charge in [-0.15, -0.1) is 0 Å². The van der Waals surface area contributed by atoms with E-state index in [1.54, 1.807) is 0 Å². The van der Waals surface area contributed by atoms with E-state index in [-0.39, 0.29) is 16.2 Å². The lowest BCUT2D eigenvalue weighted by Gasteiger charge is -2.26. The lowest BCUT2D eigenvalue weighted by atomic mass is 9.77. The molecule has 3 aliphatic rings. The quantitative estimate of drug-likeness (QED) is 0.155. The van der Waals surface area contributed by atoms with Crippen LogP contribution in [0.25, 0.3) is 131 Å². The minimum atomic E-state index is -0.296. The molecule has 0 heterocycles. The normalized spacial score (nSPS) is 15.1. The van der Waals surface area contributed by atoms with Crippen molar-refractivity contribution < 1.29 is 0 Å². The van der Waals surface area contributed by atoms with Crippen LogP contribution in [0.15, 0.2) is 218 Å². The van der Waals surface area contributed by atoms with Gasteiger partial charge in [-0.05, 0) is 201 Å². The summed E-state index contributed by atoms with van der Waals surface area (Å²) in [5.74, 6) is 0. The molecule has 13 aromatic rings. The van der Waals surface area contributed by atoms with E-state index in [1.165, 1.54) is 165 Å². The fraction of sp³-hybridized carbons (Fsp3) is 0.120. The second kappa shape index (κ2) is 14.8. The molecule has 0 N–H and O–H groups in total. The van der Waals surface area contributed by atoms with Crippen molar-refractivity contribution in [1.82, 2.24) is 0 Å². The third kappa shape index (κ3) is 5.57. The van der Waals surface area contributed by atoms with Crippen LogP contribution in [-0.4, -0.2) is 0 Å². The standard InChI is InChI=1S/C75H54/c1-73(2)62-34-20-19-29-52(62)53-36-35-45(38-63(53)73)58-39-64-69(54-30-15-11-25-48(54)58)70-55-31-16-12-26-49(55)59(40-65(70)74(64,3)4)60-41-66-71(56-32-17-13-27-50(56)60)72-57-33-18-14-28-51(57)61(42-67(72)75(66,5)6)68-46-23-9-7-21-43(46)37-44-22-8-10-24-47(44)68/h7-42H,1-6H3. The molecule has 3 aliphatic carbocycles. The van der Waals surface area contributed by atoms with E-state index in [0.717, 1.165) is 0 Å². The first kappa shape index (κ1) is 42.9. The summed E-state index contributed by atoms with van der Waals surface area (Å²) in [6, 6.07) is 83.8. The number of benzene rings is 13. The molecule has 0 saturated heterocycles. The van der Waals surface area contributed by atoms with Gasteiger partial charge in [-0.1, -0.05) is 224 Å². The van der Waals surface area contributed by atoms with Crippen LogP contribution >= 0.6 is 0 Å². The molecule has 13 aromatic carbocycles. The second-order valence-electron chi connectivity index (χ2n) is 23.4. The molecular formula is C75H54. The Balaban J connectivity index is 0.920. The smallest absolute Gasteiger partial charge is 0.0159 e. The summed E-state index contributed by atoms with van der Waals surface area (Å²) >= 11 is 0. The van der Waals surface area contributed by atoms with Crippen LogP contribution in [0.1, 0.15) is 74.9 Å². The average molecular weight is 955 g/mol. The van der Waals surface area contributed by atoms with Gasteiger partial charge in [0.25, 0.3) is 0 Å². The zero-order valence-corrected chi connectivity index (χ0v) is 43.3. The van der Waals surface area contributed by atoms with Crippen molar-refractivity contribution in [2.45, 2.75) is 57.8 Å². The van der Waals surface area contributed by atoms with Crippen molar-refractivity contribution in [3.63, 3.8) is 0 Å². The highest BCUT2D eigenvalue weighted by Gasteiger charge is 2.42. The van der Waals surface area contributed by atoms with Gasteiger partial charge >= 0.3 is 0 Å². The van der Waals surface area contributed by atoms with E-state index >= 15 is 0 Å². The molecule has 0 bridgehead atoms. The Morgan fingerprint density at radius 3 is 1.01 bits per heavy atom. The maximum Gasteiger partial charge on any atom is 0.0159 e. The van der Waals surface area contributed by atoms with Crippen molar-refractivity contribution in [2.24, 2.45) is 0 Å². The minimum Gasteiger partial charge on any atom is -0.0619 e. The number of rotatable bonds is 3. The maximum absolute atomic E-state index is 2.60. The summed E-state index contributed by atoms with van der Waals surface area (Å²) in [4.78, 5) is 0. The highest BCUT2D eigenvalue weighted by molar-refractivity contribution is 6.23. The average Bonchev–Trinajstić information content (AvgIpc) is 3.97. The van der Waals surface area contributed by atoms with E-state index in [0.29, 0.717) is 0 Å².